The molecular formula is C19H27ClN2O. The Morgan fingerprint density at radius 3 is 2.04 bits per heavy atom. The Balaban J connectivity index is 1.74. The first-order valence-corrected chi connectivity index (χ1v) is 9.47. The largest absolute Gasteiger partial charge is 0.322 e. The van der Waals surface area contributed by atoms with Gasteiger partial charge in [-0.25, -0.2) is 4.79 Å². The molecule has 126 valence electrons. The molecule has 1 aromatic carbocycles. The number of hydrogen-bond donors (Lipinski definition) is 1. The third-order valence-corrected chi connectivity index (χ3v) is 5.48. The number of halogens is 1. The number of anilines is 1. The number of carbonyl (C=O) groups is 1. The van der Waals surface area contributed by atoms with Crippen molar-refractivity contribution >= 4 is 23.3 Å². The molecule has 4 heteroatoms. The molecule has 0 spiro atoms. The van der Waals surface area contributed by atoms with E-state index in [1.54, 1.807) is 0 Å². The molecule has 0 bridgehead atoms. The van der Waals surface area contributed by atoms with Gasteiger partial charge >= 0.3 is 6.03 Å². The first kappa shape index (κ1) is 16.6. The van der Waals surface area contributed by atoms with Gasteiger partial charge in [-0.3, -0.25) is 0 Å². The van der Waals surface area contributed by atoms with Gasteiger partial charge in [0.1, 0.15) is 0 Å². The molecule has 0 radical (unpaired) electrons. The maximum absolute atomic E-state index is 13.0. The third-order valence-electron chi connectivity index (χ3n) is 5.25. The van der Waals surface area contributed by atoms with Crippen molar-refractivity contribution in [2.24, 2.45) is 0 Å². The Morgan fingerprint density at radius 1 is 0.957 bits per heavy atom. The maximum Gasteiger partial charge on any atom is 0.322 e. The van der Waals surface area contributed by atoms with Crippen molar-refractivity contribution in [1.29, 1.82) is 0 Å². The lowest BCUT2D eigenvalue weighted by Crippen LogP contribution is -2.50. The number of nitrogens with zero attached hydrogens (tertiary/aromatic N) is 1. The number of amides is 2. The monoisotopic (exact) mass is 334 g/mol. The Bertz CT molecular complexity index is 504. The van der Waals surface area contributed by atoms with Gasteiger partial charge in [0.15, 0.2) is 0 Å². The summed E-state index contributed by atoms with van der Waals surface area (Å²) in [4.78, 5) is 15.2. The van der Waals surface area contributed by atoms with E-state index < -0.39 is 0 Å². The standard InChI is InChI=1S/C19H27ClN2O/c20-15-8-7-9-16(14-15)21-19(23)22(17-10-3-1-4-11-17)18-12-5-2-6-13-18/h7-9,14,17-18H,1-6,10-13H2,(H,21,23). The molecule has 0 unspecified atom stereocenters. The van der Waals surface area contributed by atoms with E-state index in [1.165, 1.54) is 38.5 Å². The molecule has 2 aliphatic rings. The van der Waals surface area contributed by atoms with Gasteiger partial charge in [-0.2, -0.15) is 0 Å². The van der Waals surface area contributed by atoms with Gasteiger partial charge in [0.05, 0.1) is 0 Å². The van der Waals surface area contributed by atoms with E-state index in [9.17, 15) is 4.79 Å². The van der Waals surface area contributed by atoms with E-state index >= 15 is 0 Å². The summed E-state index contributed by atoms with van der Waals surface area (Å²) in [6.45, 7) is 0. The van der Waals surface area contributed by atoms with E-state index in [4.69, 9.17) is 11.6 Å². The predicted octanol–water partition coefficient (Wildman–Crippen LogP) is 5.84. The van der Waals surface area contributed by atoms with E-state index in [-0.39, 0.29) is 6.03 Å². The number of benzene rings is 1. The van der Waals surface area contributed by atoms with Gasteiger partial charge in [-0.05, 0) is 43.9 Å². The minimum atomic E-state index is 0.0612. The lowest BCUT2D eigenvalue weighted by Gasteiger charge is -2.41. The van der Waals surface area contributed by atoms with Crippen LogP contribution in [0.15, 0.2) is 24.3 Å². The zero-order valence-electron chi connectivity index (χ0n) is 13.8. The molecular weight excluding hydrogens is 308 g/mol. The van der Waals surface area contributed by atoms with Crippen molar-refractivity contribution in [2.75, 3.05) is 5.32 Å². The van der Waals surface area contributed by atoms with Crippen LogP contribution < -0.4 is 5.32 Å². The molecule has 2 aliphatic carbocycles. The van der Waals surface area contributed by atoms with Crippen molar-refractivity contribution in [3.05, 3.63) is 29.3 Å². The SMILES string of the molecule is O=C(Nc1cccc(Cl)c1)N(C1CCCCC1)C1CCCCC1. The molecule has 2 saturated carbocycles. The highest BCUT2D eigenvalue weighted by molar-refractivity contribution is 6.30. The summed E-state index contributed by atoms with van der Waals surface area (Å²) in [5.41, 5.74) is 0.791. The molecule has 0 aromatic heterocycles. The zero-order chi connectivity index (χ0) is 16.1. The summed E-state index contributed by atoms with van der Waals surface area (Å²) in [6, 6.07) is 8.31. The van der Waals surface area contributed by atoms with Crippen molar-refractivity contribution in [2.45, 2.75) is 76.3 Å². The fourth-order valence-electron chi connectivity index (χ4n) is 4.10. The van der Waals surface area contributed by atoms with Crippen molar-refractivity contribution in [1.82, 2.24) is 4.90 Å². The van der Waals surface area contributed by atoms with Crippen LogP contribution in [-0.4, -0.2) is 23.0 Å². The summed E-state index contributed by atoms with van der Waals surface area (Å²) >= 11 is 6.04. The molecule has 0 heterocycles. The maximum atomic E-state index is 13.0. The number of nitrogens with one attached hydrogen (secondary N) is 1. The van der Waals surface area contributed by atoms with Crippen LogP contribution in [0.3, 0.4) is 0 Å². The van der Waals surface area contributed by atoms with Gasteiger partial charge < -0.3 is 10.2 Å². The molecule has 23 heavy (non-hydrogen) atoms. The van der Waals surface area contributed by atoms with Crippen LogP contribution >= 0.6 is 11.6 Å². The second-order valence-corrected chi connectivity index (χ2v) is 7.37. The predicted molar refractivity (Wildman–Crippen MR) is 96.1 cm³/mol. The van der Waals surface area contributed by atoms with Crippen LogP contribution in [0.4, 0.5) is 10.5 Å². The fourth-order valence-corrected chi connectivity index (χ4v) is 4.29. The first-order chi connectivity index (χ1) is 11.2. The minimum absolute atomic E-state index is 0.0612. The number of hydrogen-bond acceptors (Lipinski definition) is 1. The van der Waals surface area contributed by atoms with Crippen molar-refractivity contribution < 1.29 is 4.79 Å². The van der Waals surface area contributed by atoms with Gasteiger partial charge in [0.25, 0.3) is 0 Å². The molecule has 1 aromatic rings. The minimum Gasteiger partial charge on any atom is -0.319 e. The Labute approximate surface area is 144 Å². The Morgan fingerprint density at radius 2 is 1.52 bits per heavy atom. The lowest BCUT2D eigenvalue weighted by molar-refractivity contribution is 0.114. The molecule has 2 amide bonds. The van der Waals surface area contributed by atoms with E-state index in [0.717, 1.165) is 31.4 Å². The Kier molecular flexibility index (Phi) is 5.82. The lowest BCUT2D eigenvalue weighted by atomic mass is 9.89. The second-order valence-electron chi connectivity index (χ2n) is 6.93. The average Bonchev–Trinajstić information content (AvgIpc) is 2.57. The molecule has 0 aliphatic heterocycles. The molecule has 0 saturated heterocycles. The molecule has 1 N–H and O–H groups in total. The van der Waals surface area contributed by atoms with Crippen LogP contribution in [0.1, 0.15) is 64.2 Å². The summed E-state index contributed by atoms with van der Waals surface area (Å²) in [6.07, 6.45) is 12.2. The Hall–Kier alpha value is -1.22. The van der Waals surface area contributed by atoms with Crippen LogP contribution in [0.5, 0.6) is 0 Å². The van der Waals surface area contributed by atoms with E-state index in [1.807, 2.05) is 24.3 Å². The number of carbonyl (C=O) groups excluding carboxylic acids is 1. The summed E-state index contributed by atoms with van der Waals surface area (Å²) < 4.78 is 0. The van der Waals surface area contributed by atoms with Gasteiger partial charge in [-0.15, -0.1) is 0 Å². The summed E-state index contributed by atoms with van der Waals surface area (Å²) in [7, 11) is 0. The highest BCUT2D eigenvalue weighted by Gasteiger charge is 2.32. The normalized spacial score (nSPS) is 20.2. The highest BCUT2D eigenvalue weighted by atomic mass is 35.5. The molecule has 3 rings (SSSR count). The van der Waals surface area contributed by atoms with Crippen molar-refractivity contribution in [3.63, 3.8) is 0 Å². The van der Waals surface area contributed by atoms with E-state index in [2.05, 4.69) is 10.2 Å². The van der Waals surface area contributed by atoms with E-state index in [0.29, 0.717) is 17.1 Å². The average molecular weight is 335 g/mol. The van der Waals surface area contributed by atoms with Crippen molar-refractivity contribution in [3.8, 4) is 0 Å². The van der Waals surface area contributed by atoms with Gasteiger partial charge in [0, 0.05) is 22.8 Å². The summed E-state index contributed by atoms with van der Waals surface area (Å²) in [5.74, 6) is 0. The summed E-state index contributed by atoms with van der Waals surface area (Å²) in [5, 5.41) is 3.74. The van der Waals surface area contributed by atoms with Crippen LogP contribution in [-0.2, 0) is 0 Å². The van der Waals surface area contributed by atoms with Crippen LogP contribution in [0, 0.1) is 0 Å². The molecule has 0 atom stereocenters. The molecule has 2 fully saturated rings. The number of rotatable bonds is 3. The topological polar surface area (TPSA) is 32.3 Å². The van der Waals surface area contributed by atoms with Crippen LogP contribution in [0.25, 0.3) is 0 Å². The quantitative estimate of drug-likeness (QED) is 0.740. The fraction of sp³-hybridized carbons (Fsp3) is 0.632. The molecule has 3 nitrogen and oxygen atoms in total. The van der Waals surface area contributed by atoms with Gasteiger partial charge in [0.2, 0.25) is 0 Å². The van der Waals surface area contributed by atoms with Crippen LogP contribution in [0.2, 0.25) is 5.02 Å². The second kappa shape index (κ2) is 8.05. The number of urea groups is 1. The first-order valence-electron chi connectivity index (χ1n) is 9.09. The van der Waals surface area contributed by atoms with Gasteiger partial charge in [-0.1, -0.05) is 56.2 Å². The third kappa shape index (κ3) is 4.41. The zero-order valence-corrected chi connectivity index (χ0v) is 14.5. The smallest absolute Gasteiger partial charge is 0.319 e. The highest BCUT2D eigenvalue weighted by Crippen LogP contribution is 2.31.